The summed E-state index contributed by atoms with van der Waals surface area (Å²) >= 11 is 0. The van der Waals surface area contributed by atoms with E-state index in [1.807, 2.05) is 26.0 Å². The average Bonchev–Trinajstić information content (AvgIpc) is 3.14. The first-order chi connectivity index (χ1) is 11.9. The highest BCUT2D eigenvalue weighted by molar-refractivity contribution is 5.91. The Hall–Kier alpha value is -3.16. The van der Waals surface area contributed by atoms with Crippen LogP contribution in [-0.4, -0.2) is 56.7 Å². The number of urea groups is 1. The molecule has 2 heterocycles. The van der Waals surface area contributed by atoms with E-state index in [0.29, 0.717) is 18.9 Å². The van der Waals surface area contributed by atoms with E-state index in [0.717, 1.165) is 16.7 Å². The van der Waals surface area contributed by atoms with E-state index in [4.69, 9.17) is 0 Å². The molecule has 0 aliphatic carbocycles. The molecule has 1 aliphatic rings. The quantitative estimate of drug-likeness (QED) is 0.854. The van der Waals surface area contributed by atoms with Gasteiger partial charge in [0.2, 0.25) is 0 Å². The number of carbonyl (C=O) groups excluding carboxylic acids is 2. The fourth-order valence-corrected chi connectivity index (χ4v) is 2.65. The molecule has 3 rings (SSSR count). The lowest BCUT2D eigenvalue weighted by Gasteiger charge is -2.15. The Morgan fingerprint density at radius 3 is 2.56 bits per heavy atom. The largest absolute Gasteiger partial charge is 0.338 e. The van der Waals surface area contributed by atoms with E-state index in [9.17, 15) is 9.59 Å². The molecule has 3 amide bonds. The van der Waals surface area contributed by atoms with Crippen LogP contribution in [0.3, 0.4) is 0 Å². The third-order valence-corrected chi connectivity index (χ3v) is 3.83. The summed E-state index contributed by atoms with van der Waals surface area (Å²) in [6, 6.07) is 5.89. The Balaban J connectivity index is 1.65. The van der Waals surface area contributed by atoms with Crippen molar-refractivity contribution >= 4 is 18.1 Å². The number of benzene rings is 1. The van der Waals surface area contributed by atoms with E-state index in [1.165, 1.54) is 33.2 Å². The molecule has 1 N–H and O–H groups in total. The van der Waals surface area contributed by atoms with Crippen molar-refractivity contribution in [2.45, 2.75) is 13.8 Å². The second-order valence-corrected chi connectivity index (χ2v) is 6.07. The van der Waals surface area contributed by atoms with Crippen LogP contribution in [0.1, 0.15) is 11.1 Å². The molecule has 25 heavy (non-hydrogen) atoms. The highest BCUT2D eigenvalue weighted by atomic mass is 16.2. The minimum atomic E-state index is -0.396. The highest BCUT2D eigenvalue weighted by Gasteiger charge is 2.26. The smallest absolute Gasteiger partial charge is 0.324 e. The molecular formula is C17H20N6O2. The number of hydrogen-bond acceptors (Lipinski definition) is 4. The lowest BCUT2D eigenvalue weighted by atomic mass is 10.1. The van der Waals surface area contributed by atoms with Gasteiger partial charge < -0.3 is 4.90 Å². The first kappa shape index (κ1) is 16.7. The first-order valence-corrected chi connectivity index (χ1v) is 7.93. The molecule has 0 radical (unpaired) electrons. The van der Waals surface area contributed by atoms with Gasteiger partial charge in [0, 0.05) is 31.4 Å². The van der Waals surface area contributed by atoms with Crippen molar-refractivity contribution in [3.05, 3.63) is 41.7 Å². The Bertz CT molecular complexity index is 821. The third-order valence-electron chi connectivity index (χ3n) is 3.83. The van der Waals surface area contributed by atoms with Crippen LogP contribution in [0.15, 0.2) is 30.6 Å². The van der Waals surface area contributed by atoms with Crippen molar-refractivity contribution in [3.8, 4) is 11.4 Å². The maximum atomic E-state index is 11.9. The van der Waals surface area contributed by atoms with E-state index in [1.54, 1.807) is 7.05 Å². The zero-order valence-electron chi connectivity index (χ0n) is 14.4. The molecule has 1 aliphatic heterocycles. The second kappa shape index (κ2) is 6.76. The molecule has 1 aromatic heterocycles. The van der Waals surface area contributed by atoms with Crippen molar-refractivity contribution in [2.75, 3.05) is 20.1 Å². The van der Waals surface area contributed by atoms with Gasteiger partial charge in [0.1, 0.15) is 6.33 Å². The van der Waals surface area contributed by atoms with Crippen molar-refractivity contribution in [1.29, 1.82) is 0 Å². The van der Waals surface area contributed by atoms with Crippen LogP contribution in [0.25, 0.3) is 17.6 Å². The van der Waals surface area contributed by atoms with Crippen LogP contribution in [0.2, 0.25) is 0 Å². The number of aromatic nitrogens is 3. The predicted molar refractivity (Wildman–Crippen MR) is 93.1 cm³/mol. The second-order valence-electron chi connectivity index (χ2n) is 6.07. The summed E-state index contributed by atoms with van der Waals surface area (Å²) in [7, 11) is 1.69. The van der Waals surface area contributed by atoms with Crippen molar-refractivity contribution in [2.24, 2.45) is 0 Å². The van der Waals surface area contributed by atoms with E-state index >= 15 is 0 Å². The van der Waals surface area contributed by atoms with Crippen LogP contribution in [0.4, 0.5) is 4.79 Å². The number of nitrogens with one attached hydrogen (secondary N) is 1. The molecule has 0 unspecified atom stereocenters. The Morgan fingerprint density at radius 2 is 1.92 bits per heavy atom. The number of carbonyl (C=O) groups is 2. The fourth-order valence-electron chi connectivity index (χ4n) is 2.65. The summed E-state index contributed by atoms with van der Waals surface area (Å²) in [6.45, 7) is 5.10. The normalized spacial score (nSPS) is 14.6. The molecule has 1 aromatic carbocycles. The zero-order chi connectivity index (χ0) is 18.0. The van der Waals surface area contributed by atoms with Gasteiger partial charge in [-0.05, 0) is 26.0 Å². The minimum Gasteiger partial charge on any atom is -0.324 e. The molecule has 0 spiro atoms. The number of amides is 3. The molecule has 0 atom stereocenters. The highest BCUT2D eigenvalue weighted by Crippen LogP contribution is 2.18. The third kappa shape index (κ3) is 3.85. The van der Waals surface area contributed by atoms with Crippen LogP contribution in [-0.2, 0) is 4.79 Å². The summed E-state index contributed by atoms with van der Waals surface area (Å²) in [6.07, 6.45) is 4.34. The Kier molecular flexibility index (Phi) is 4.51. The number of rotatable bonds is 4. The molecule has 1 fully saturated rings. The molecule has 0 bridgehead atoms. The summed E-state index contributed by atoms with van der Waals surface area (Å²) in [4.78, 5) is 29.4. The standard InChI is InChI=1S/C17H20N6O2/c1-12-8-13(2)10-14(9-12)16-18-11-22(20-16)5-4-15(24)19-23-7-6-21(3)17(23)25/h4-5,8-11H,6-7H2,1-3H3,(H,19,24)/b5-4-. The van der Waals surface area contributed by atoms with Crippen molar-refractivity contribution in [1.82, 2.24) is 30.1 Å². The molecule has 0 saturated carbocycles. The van der Waals surface area contributed by atoms with Gasteiger partial charge in [0.05, 0.1) is 6.54 Å². The number of aryl methyl sites for hydroxylation is 2. The van der Waals surface area contributed by atoms with Gasteiger partial charge >= 0.3 is 6.03 Å². The van der Waals surface area contributed by atoms with Crippen LogP contribution in [0.5, 0.6) is 0 Å². The number of hydrazine groups is 1. The first-order valence-electron chi connectivity index (χ1n) is 7.93. The molecule has 8 heteroatoms. The van der Waals surface area contributed by atoms with E-state index < -0.39 is 5.91 Å². The lowest BCUT2D eigenvalue weighted by Crippen LogP contribution is -2.43. The maximum absolute atomic E-state index is 11.9. The van der Waals surface area contributed by atoms with Gasteiger partial charge in [0.25, 0.3) is 5.91 Å². The number of nitrogens with zero attached hydrogens (tertiary/aromatic N) is 5. The van der Waals surface area contributed by atoms with Crippen LogP contribution < -0.4 is 5.43 Å². The molecule has 8 nitrogen and oxygen atoms in total. The summed E-state index contributed by atoms with van der Waals surface area (Å²) in [5.74, 6) is 0.195. The van der Waals surface area contributed by atoms with Gasteiger partial charge in [-0.15, -0.1) is 5.10 Å². The van der Waals surface area contributed by atoms with Crippen molar-refractivity contribution in [3.63, 3.8) is 0 Å². The molecule has 130 valence electrons. The van der Waals surface area contributed by atoms with E-state index in [2.05, 4.69) is 21.6 Å². The maximum Gasteiger partial charge on any atom is 0.338 e. The van der Waals surface area contributed by atoms with Gasteiger partial charge in [-0.25, -0.2) is 19.5 Å². The van der Waals surface area contributed by atoms with Gasteiger partial charge in [-0.3, -0.25) is 10.2 Å². The van der Waals surface area contributed by atoms with Gasteiger partial charge in [0.15, 0.2) is 5.82 Å². The SMILES string of the molecule is Cc1cc(C)cc(-c2ncn(/C=C\C(=O)NN3CCN(C)C3=O)n2)c1. The minimum absolute atomic E-state index is 0.223. The van der Waals surface area contributed by atoms with Gasteiger partial charge in [-0.1, -0.05) is 17.2 Å². The summed E-state index contributed by atoms with van der Waals surface area (Å²) in [5, 5.41) is 5.63. The van der Waals surface area contributed by atoms with Gasteiger partial charge in [-0.2, -0.15) is 0 Å². The molecule has 1 saturated heterocycles. The fraction of sp³-hybridized carbons (Fsp3) is 0.294. The summed E-state index contributed by atoms with van der Waals surface area (Å²) in [5.41, 5.74) is 5.75. The molecule has 2 aromatic rings. The monoisotopic (exact) mass is 340 g/mol. The molecular weight excluding hydrogens is 320 g/mol. The zero-order valence-corrected chi connectivity index (χ0v) is 14.4. The lowest BCUT2D eigenvalue weighted by molar-refractivity contribution is -0.119. The summed E-state index contributed by atoms with van der Waals surface area (Å²) < 4.78 is 1.46. The van der Waals surface area contributed by atoms with E-state index in [-0.39, 0.29) is 6.03 Å². The predicted octanol–water partition coefficient (Wildman–Crippen LogP) is 1.43. The van der Waals surface area contributed by atoms with Crippen molar-refractivity contribution < 1.29 is 9.59 Å². The average molecular weight is 340 g/mol. The Labute approximate surface area is 145 Å². The number of hydrogen-bond donors (Lipinski definition) is 1. The Morgan fingerprint density at radius 1 is 1.20 bits per heavy atom. The topological polar surface area (TPSA) is 83.4 Å². The van der Waals surface area contributed by atoms with Crippen LogP contribution >= 0.6 is 0 Å². The number of likely N-dealkylation sites (N-methyl/N-ethyl adjacent to an activating group) is 1. The van der Waals surface area contributed by atoms with Crippen LogP contribution in [0, 0.1) is 13.8 Å².